The van der Waals surface area contributed by atoms with E-state index in [1.54, 1.807) is 7.11 Å². The minimum atomic E-state index is -4.89. The second-order valence-electron chi connectivity index (χ2n) is 11.5. The molecule has 0 radical (unpaired) electrons. The molecular weight excluding hydrogens is 667 g/mol. The van der Waals surface area contributed by atoms with Crippen LogP contribution < -0.4 is 39.0 Å². The third-order valence-electron chi connectivity index (χ3n) is 8.51. The Kier molecular flexibility index (Phi) is 11.6. The SMILES string of the molecule is COCCOc1ccc(C2(c3ccc(OCCOC(=O)c4cc(C(C)=O)cc(S(=O)(=O)[O-])c4)cc3)c3ccccc3-c3ccccc32)cc1.[Na+]. The van der Waals surface area contributed by atoms with Crippen molar-refractivity contribution in [2.24, 2.45) is 0 Å². The largest absolute Gasteiger partial charge is 1.00 e. The molecule has 0 N–H and O–H groups in total. The molecular formula is C39H33NaO9S. The van der Waals surface area contributed by atoms with Crippen molar-refractivity contribution >= 4 is 21.9 Å². The van der Waals surface area contributed by atoms with E-state index >= 15 is 0 Å². The van der Waals surface area contributed by atoms with Crippen molar-refractivity contribution in [3.8, 4) is 22.6 Å². The van der Waals surface area contributed by atoms with Gasteiger partial charge in [0.2, 0.25) is 0 Å². The van der Waals surface area contributed by atoms with Crippen LogP contribution in [0.5, 0.6) is 11.5 Å². The van der Waals surface area contributed by atoms with Gasteiger partial charge in [0.1, 0.15) is 41.4 Å². The van der Waals surface area contributed by atoms with Gasteiger partial charge in [-0.05, 0) is 82.8 Å². The maximum absolute atomic E-state index is 12.7. The molecule has 0 aromatic heterocycles. The first kappa shape index (κ1) is 37.0. The molecule has 0 amide bonds. The number of hydrogen-bond donors (Lipinski definition) is 0. The zero-order valence-electron chi connectivity index (χ0n) is 27.9. The fourth-order valence-corrected chi connectivity index (χ4v) is 6.85. The Balaban J connectivity index is 0.00000486. The van der Waals surface area contributed by atoms with Crippen LogP contribution in [-0.4, -0.2) is 58.3 Å². The summed E-state index contributed by atoms with van der Waals surface area (Å²) in [4.78, 5) is 23.8. The minimum Gasteiger partial charge on any atom is -0.744 e. The van der Waals surface area contributed by atoms with Gasteiger partial charge in [-0.3, -0.25) is 4.79 Å². The van der Waals surface area contributed by atoms with Gasteiger partial charge in [-0.25, -0.2) is 13.2 Å². The monoisotopic (exact) mass is 700 g/mol. The molecule has 1 aliphatic rings. The van der Waals surface area contributed by atoms with Gasteiger partial charge in [-0.2, -0.15) is 0 Å². The van der Waals surface area contributed by atoms with E-state index in [2.05, 4.69) is 48.5 Å². The van der Waals surface area contributed by atoms with Crippen LogP contribution in [0.2, 0.25) is 0 Å². The molecule has 1 aliphatic carbocycles. The molecule has 0 spiro atoms. The summed E-state index contributed by atoms with van der Waals surface area (Å²) >= 11 is 0. The number of methoxy groups -OCH3 is 1. The topological polar surface area (TPSA) is 128 Å². The predicted molar refractivity (Wildman–Crippen MR) is 181 cm³/mol. The quantitative estimate of drug-likeness (QED) is 0.0586. The Labute approximate surface area is 313 Å². The molecule has 0 saturated heterocycles. The molecule has 0 bridgehead atoms. The molecule has 11 heteroatoms. The average molecular weight is 701 g/mol. The number of Topliss-reactive ketones (excluding diaryl/α,β-unsaturated/α-hetero) is 1. The van der Waals surface area contributed by atoms with Gasteiger partial charge >= 0.3 is 35.5 Å². The summed E-state index contributed by atoms with van der Waals surface area (Å²) in [5.74, 6) is -0.0821. The van der Waals surface area contributed by atoms with E-state index in [4.69, 9.17) is 18.9 Å². The first-order valence-corrected chi connectivity index (χ1v) is 17.0. The molecule has 0 heterocycles. The van der Waals surface area contributed by atoms with Crippen LogP contribution >= 0.6 is 0 Å². The van der Waals surface area contributed by atoms with Crippen molar-refractivity contribution in [2.45, 2.75) is 17.2 Å². The fourth-order valence-electron chi connectivity index (χ4n) is 6.31. The Morgan fingerprint density at radius 2 is 1.14 bits per heavy atom. The van der Waals surface area contributed by atoms with Gasteiger partial charge < -0.3 is 23.5 Å². The number of carbonyl (C=O) groups is 2. The number of esters is 1. The molecule has 6 rings (SSSR count). The molecule has 50 heavy (non-hydrogen) atoms. The molecule has 0 atom stereocenters. The fraction of sp³-hybridized carbons (Fsp3) is 0.179. The zero-order valence-corrected chi connectivity index (χ0v) is 30.7. The van der Waals surface area contributed by atoms with Crippen LogP contribution in [0, 0.1) is 0 Å². The van der Waals surface area contributed by atoms with E-state index < -0.39 is 32.2 Å². The number of ether oxygens (including phenoxy) is 4. The molecule has 0 aliphatic heterocycles. The van der Waals surface area contributed by atoms with Gasteiger partial charge in [0.25, 0.3) is 0 Å². The second kappa shape index (κ2) is 15.7. The average Bonchev–Trinajstić information content (AvgIpc) is 3.41. The van der Waals surface area contributed by atoms with Crippen molar-refractivity contribution in [1.29, 1.82) is 0 Å². The summed E-state index contributed by atoms with van der Waals surface area (Å²) in [6.45, 7) is 1.99. The summed E-state index contributed by atoms with van der Waals surface area (Å²) < 4.78 is 56.7. The Bertz CT molecular complexity index is 2070. The summed E-state index contributed by atoms with van der Waals surface area (Å²) in [6.07, 6.45) is 0. The number of hydrogen-bond acceptors (Lipinski definition) is 9. The molecule has 0 saturated carbocycles. The summed E-state index contributed by atoms with van der Waals surface area (Å²) in [5, 5.41) is 0. The Morgan fingerprint density at radius 1 is 0.660 bits per heavy atom. The van der Waals surface area contributed by atoms with E-state index in [-0.39, 0.29) is 53.9 Å². The predicted octanol–water partition coefficient (Wildman–Crippen LogP) is 3.42. The van der Waals surface area contributed by atoms with Crippen LogP contribution in [0.3, 0.4) is 0 Å². The van der Waals surface area contributed by atoms with Crippen LogP contribution in [0.1, 0.15) is 49.9 Å². The van der Waals surface area contributed by atoms with Crippen LogP contribution in [-0.2, 0) is 25.0 Å². The van der Waals surface area contributed by atoms with E-state index in [0.717, 1.165) is 51.3 Å². The van der Waals surface area contributed by atoms with E-state index in [1.807, 2.05) is 48.5 Å². The molecule has 9 nitrogen and oxygen atoms in total. The Hall–Kier alpha value is -4.29. The minimum absolute atomic E-state index is 0. The number of rotatable bonds is 13. The standard InChI is InChI=1S/C39H34O9S.Na/c1-26(40)27-23-28(25-33(24-27)49(42,43)44)38(41)48-22-21-47-32-17-13-30(14-18-32)39(29-11-15-31(16-12-29)46-20-19-45-2)36-9-5-3-7-34(36)35-8-4-6-10-37(35)39;/h3-18,23-25H,19-22H2,1-2H3,(H,42,43,44);/q;+1/p-1. The molecule has 5 aromatic carbocycles. The summed E-state index contributed by atoms with van der Waals surface area (Å²) in [6, 6.07) is 35.8. The van der Waals surface area contributed by atoms with Crippen molar-refractivity contribution in [1.82, 2.24) is 0 Å². The molecule has 250 valence electrons. The smallest absolute Gasteiger partial charge is 0.744 e. The van der Waals surface area contributed by atoms with Gasteiger partial charge in [0.05, 0.1) is 22.5 Å². The summed E-state index contributed by atoms with van der Waals surface area (Å²) in [7, 11) is -3.25. The Morgan fingerprint density at radius 3 is 1.62 bits per heavy atom. The number of fused-ring (bicyclic) bond motifs is 3. The number of carbonyl (C=O) groups excluding carboxylic acids is 2. The van der Waals surface area contributed by atoms with Gasteiger partial charge in [-0.15, -0.1) is 0 Å². The van der Waals surface area contributed by atoms with Gasteiger partial charge in [-0.1, -0.05) is 72.8 Å². The molecule has 0 unspecified atom stereocenters. The van der Waals surface area contributed by atoms with Crippen molar-refractivity contribution < 1.29 is 71.1 Å². The summed E-state index contributed by atoms with van der Waals surface area (Å²) in [5.41, 5.74) is 5.83. The first-order valence-electron chi connectivity index (χ1n) is 15.6. The van der Waals surface area contributed by atoms with Gasteiger partial charge in [0.15, 0.2) is 5.78 Å². The first-order chi connectivity index (χ1) is 23.6. The third-order valence-corrected chi connectivity index (χ3v) is 9.32. The maximum atomic E-state index is 12.7. The second-order valence-corrected chi connectivity index (χ2v) is 12.9. The number of benzene rings is 5. The van der Waals surface area contributed by atoms with E-state index in [0.29, 0.717) is 19.0 Å². The van der Waals surface area contributed by atoms with Crippen molar-refractivity contribution in [2.75, 3.05) is 33.5 Å². The van der Waals surface area contributed by atoms with Crippen molar-refractivity contribution in [3.63, 3.8) is 0 Å². The molecule has 5 aromatic rings. The van der Waals surface area contributed by atoms with Crippen LogP contribution in [0.25, 0.3) is 11.1 Å². The van der Waals surface area contributed by atoms with Crippen LogP contribution in [0.15, 0.2) is 120 Å². The maximum Gasteiger partial charge on any atom is 1.00 e. The third kappa shape index (κ3) is 7.41. The van der Waals surface area contributed by atoms with E-state index in [9.17, 15) is 22.6 Å². The number of ketones is 1. The van der Waals surface area contributed by atoms with Crippen molar-refractivity contribution in [3.05, 3.63) is 149 Å². The zero-order chi connectivity index (χ0) is 34.6. The van der Waals surface area contributed by atoms with Crippen LogP contribution in [0.4, 0.5) is 0 Å². The normalized spacial score (nSPS) is 12.6. The molecule has 0 fully saturated rings. The van der Waals surface area contributed by atoms with E-state index in [1.165, 1.54) is 13.0 Å². The van der Waals surface area contributed by atoms with Gasteiger partial charge in [0, 0.05) is 12.7 Å².